The van der Waals surface area contributed by atoms with Crippen LogP contribution in [-0.2, 0) is 4.74 Å². The van der Waals surface area contributed by atoms with Crippen molar-refractivity contribution in [1.29, 1.82) is 0 Å². The van der Waals surface area contributed by atoms with Gasteiger partial charge in [-0.15, -0.1) is 0 Å². The van der Waals surface area contributed by atoms with Gasteiger partial charge in [0.15, 0.2) is 11.6 Å². The number of ether oxygens (including phenoxy) is 2. The lowest BCUT2D eigenvalue weighted by molar-refractivity contribution is 0.0502. The van der Waals surface area contributed by atoms with Crippen LogP contribution in [0.3, 0.4) is 0 Å². The van der Waals surface area contributed by atoms with Crippen LogP contribution in [0.25, 0.3) is 5.69 Å². The molecule has 3 aromatic heterocycles. The van der Waals surface area contributed by atoms with E-state index >= 15 is 4.39 Å². The first-order chi connectivity index (χ1) is 18.9. The fourth-order valence-corrected chi connectivity index (χ4v) is 3.87. The number of alkyl carbamates (subject to hydrolysis) is 1. The van der Waals surface area contributed by atoms with E-state index in [1.807, 2.05) is 13.8 Å². The van der Waals surface area contributed by atoms with E-state index < -0.39 is 35.5 Å². The first-order valence-electron chi connectivity index (χ1n) is 13.1. The number of hydrogen-bond acceptors (Lipinski definition) is 9. The predicted molar refractivity (Wildman–Crippen MR) is 150 cm³/mol. The topological polar surface area (TPSA) is 158 Å². The molecular formula is C27H37FN8O4. The van der Waals surface area contributed by atoms with Gasteiger partial charge in [-0.25, -0.2) is 23.8 Å². The van der Waals surface area contributed by atoms with Crippen molar-refractivity contribution in [3.05, 3.63) is 48.2 Å². The number of rotatable bonds is 12. The summed E-state index contributed by atoms with van der Waals surface area (Å²) in [6.45, 7) is 11.3. The van der Waals surface area contributed by atoms with Gasteiger partial charge >= 0.3 is 6.09 Å². The Morgan fingerprint density at radius 1 is 1.20 bits per heavy atom. The van der Waals surface area contributed by atoms with E-state index in [4.69, 9.17) is 15.2 Å². The average molecular weight is 557 g/mol. The largest absolute Gasteiger partial charge is 0.476 e. The van der Waals surface area contributed by atoms with Crippen LogP contribution >= 0.6 is 0 Å². The summed E-state index contributed by atoms with van der Waals surface area (Å²) in [7, 11) is 0. The molecule has 2 amide bonds. The Morgan fingerprint density at radius 2 is 1.95 bits per heavy atom. The molecule has 3 rings (SSSR count). The molecule has 0 saturated heterocycles. The summed E-state index contributed by atoms with van der Waals surface area (Å²) >= 11 is 0. The summed E-state index contributed by atoms with van der Waals surface area (Å²) in [5.74, 6) is -1.37. The Hall–Kier alpha value is -4.42. The lowest BCUT2D eigenvalue weighted by Gasteiger charge is -2.28. The summed E-state index contributed by atoms with van der Waals surface area (Å²) in [5.41, 5.74) is 5.71. The van der Waals surface area contributed by atoms with Crippen molar-refractivity contribution in [2.45, 2.75) is 72.1 Å². The zero-order chi connectivity index (χ0) is 29.4. The molecular weight excluding hydrogens is 519 g/mol. The number of primary amides is 1. The summed E-state index contributed by atoms with van der Waals surface area (Å²) in [4.78, 5) is 33.2. The van der Waals surface area contributed by atoms with E-state index in [1.54, 1.807) is 56.9 Å². The maximum atomic E-state index is 15.2. The first-order valence-corrected chi connectivity index (χ1v) is 13.1. The molecule has 0 saturated carbocycles. The summed E-state index contributed by atoms with van der Waals surface area (Å²) < 4.78 is 27.7. The van der Waals surface area contributed by atoms with Gasteiger partial charge in [-0.1, -0.05) is 13.3 Å². The lowest BCUT2D eigenvalue weighted by atomic mass is 10.0. The van der Waals surface area contributed by atoms with Crippen LogP contribution < -0.4 is 26.4 Å². The Bertz CT molecular complexity index is 1310. The van der Waals surface area contributed by atoms with Crippen molar-refractivity contribution in [2.24, 2.45) is 5.73 Å². The van der Waals surface area contributed by atoms with Gasteiger partial charge in [-0.2, -0.15) is 5.10 Å². The van der Waals surface area contributed by atoms with E-state index in [0.717, 1.165) is 12.5 Å². The van der Waals surface area contributed by atoms with Crippen molar-refractivity contribution >= 4 is 29.3 Å². The molecule has 40 heavy (non-hydrogen) atoms. The molecule has 3 aromatic rings. The summed E-state index contributed by atoms with van der Waals surface area (Å²) in [5, 5.41) is 13.1. The van der Waals surface area contributed by atoms with Gasteiger partial charge in [0.2, 0.25) is 5.88 Å². The third-order valence-electron chi connectivity index (χ3n) is 5.64. The molecule has 12 nitrogen and oxygen atoms in total. The van der Waals surface area contributed by atoms with Gasteiger partial charge in [0.05, 0.1) is 24.1 Å². The van der Waals surface area contributed by atoms with E-state index in [0.29, 0.717) is 30.3 Å². The molecule has 0 spiro atoms. The van der Waals surface area contributed by atoms with Crippen molar-refractivity contribution < 1.29 is 23.5 Å². The number of anilines is 3. The zero-order valence-electron chi connectivity index (χ0n) is 23.6. The fraction of sp³-hybridized carbons (Fsp3) is 0.444. The van der Waals surface area contributed by atoms with Crippen molar-refractivity contribution in [2.75, 3.05) is 17.2 Å². The van der Waals surface area contributed by atoms with Gasteiger partial charge in [0.1, 0.15) is 17.1 Å². The highest BCUT2D eigenvalue weighted by Gasteiger charge is 2.25. The second-order valence-electron chi connectivity index (χ2n) is 10.1. The van der Waals surface area contributed by atoms with Gasteiger partial charge in [0.25, 0.3) is 5.91 Å². The predicted octanol–water partition coefficient (Wildman–Crippen LogP) is 4.54. The Kier molecular flexibility index (Phi) is 9.86. The number of aromatic nitrogens is 4. The quantitative estimate of drug-likeness (QED) is 0.251. The van der Waals surface area contributed by atoms with Gasteiger partial charge in [-0.05, 0) is 59.2 Å². The highest BCUT2D eigenvalue weighted by atomic mass is 19.1. The molecule has 216 valence electrons. The number of amides is 2. The van der Waals surface area contributed by atoms with Crippen LogP contribution in [0, 0.1) is 5.82 Å². The molecule has 13 heteroatoms. The van der Waals surface area contributed by atoms with Crippen LogP contribution in [-0.4, -0.2) is 56.0 Å². The number of hydrogen-bond donors (Lipinski definition) is 4. The van der Waals surface area contributed by atoms with Crippen LogP contribution in [0.4, 0.5) is 26.5 Å². The summed E-state index contributed by atoms with van der Waals surface area (Å²) in [6.07, 6.45) is 5.60. The molecule has 0 aromatic carbocycles. The molecule has 3 heterocycles. The molecule has 2 atom stereocenters. The molecule has 0 fully saturated rings. The maximum absolute atomic E-state index is 15.2. The van der Waals surface area contributed by atoms with Gasteiger partial charge in [-0.3, -0.25) is 4.79 Å². The van der Waals surface area contributed by atoms with Crippen LogP contribution in [0.5, 0.6) is 5.88 Å². The zero-order valence-corrected chi connectivity index (χ0v) is 23.6. The molecule has 0 aliphatic heterocycles. The number of pyridine rings is 2. The molecule has 0 aliphatic rings. The number of carbonyl (C=O) groups excluding carboxylic acids is 2. The third kappa shape index (κ3) is 8.04. The van der Waals surface area contributed by atoms with Crippen LogP contribution in [0.15, 0.2) is 36.8 Å². The third-order valence-corrected chi connectivity index (χ3v) is 5.64. The highest BCUT2D eigenvalue weighted by molar-refractivity contribution is 5.98. The molecule has 0 radical (unpaired) electrons. The molecule has 0 unspecified atom stereocenters. The number of nitrogens with two attached hydrogens (primary N) is 1. The van der Waals surface area contributed by atoms with Crippen LogP contribution in [0.2, 0.25) is 0 Å². The number of nitrogens with one attached hydrogen (secondary N) is 3. The lowest BCUT2D eigenvalue weighted by Crippen LogP contribution is -2.46. The van der Waals surface area contributed by atoms with E-state index in [9.17, 15) is 9.59 Å². The van der Waals surface area contributed by atoms with E-state index in [-0.39, 0.29) is 17.2 Å². The second kappa shape index (κ2) is 13.1. The van der Waals surface area contributed by atoms with Gasteiger partial charge < -0.3 is 31.2 Å². The number of nitrogens with zero attached hydrogens (tertiary/aromatic N) is 4. The number of halogens is 1. The smallest absolute Gasteiger partial charge is 0.407 e. The van der Waals surface area contributed by atoms with E-state index in [1.165, 1.54) is 6.20 Å². The minimum atomic E-state index is -0.864. The van der Waals surface area contributed by atoms with Crippen LogP contribution in [0.1, 0.15) is 64.7 Å². The van der Waals surface area contributed by atoms with E-state index in [2.05, 4.69) is 31.0 Å². The molecule has 0 bridgehead atoms. The highest BCUT2D eigenvalue weighted by Crippen LogP contribution is 2.28. The van der Waals surface area contributed by atoms with Crippen molar-refractivity contribution in [3.8, 4) is 11.6 Å². The van der Waals surface area contributed by atoms with Crippen molar-refractivity contribution in [1.82, 2.24) is 25.1 Å². The van der Waals surface area contributed by atoms with Gasteiger partial charge in [0, 0.05) is 24.5 Å². The fourth-order valence-electron chi connectivity index (χ4n) is 3.87. The summed E-state index contributed by atoms with van der Waals surface area (Å²) in [6, 6.07) is 3.65. The Labute approximate surface area is 232 Å². The SMILES string of the molecule is CCC[C@@H](Nc1nc(Nc2cnc(OCC)c(-n3cccn3)c2)c(C(N)=O)cc1F)[C@H](C)NC(=O)OC(C)(C)C. The normalized spacial score (nSPS) is 12.8. The standard InChI is InChI=1S/C27H37FN8O4/c1-7-10-20(16(3)32-26(38)40-27(4,5)6)34-24-19(28)14-18(22(29)37)23(35-24)33-17-13-21(36-12-9-11-31-36)25(30-15-17)39-8-2/h9,11-16,20H,7-8,10H2,1-6H3,(H2,29,37)(H,32,38)(H2,33,34,35)/t16-,20+/m0/s1. The number of carbonyl (C=O) groups is 2. The second-order valence-corrected chi connectivity index (χ2v) is 10.1. The Morgan fingerprint density at radius 3 is 2.55 bits per heavy atom. The molecule has 5 N–H and O–H groups in total. The minimum Gasteiger partial charge on any atom is -0.476 e. The Balaban J connectivity index is 1.92. The molecule has 0 aliphatic carbocycles. The van der Waals surface area contributed by atoms with Crippen molar-refractivity contribution in [3.63, 3.8) is 0 Å². The first kappa shape index (κ1) is 30.1. The average Bonchev–Trinajstić information content (AvgIpc) is 3.40. The minimum absolute atomic E-state index is 0.0248. The maximum Gasteiger partial charge on any atom is 0.407 e. The monoisotopic (exact) mass is 556 g/mol.